The number of benzene rings is 1. The van der Waals surface area contributed by atoms with Crippen LogP contribution >= 0.6 is 11.3 Å². The molecule has 0 unspecified atom stereocenters. The summed E-state index contributed by atoms with van der Waals surface area (Å²) in [5.41, 5.74) is 8.50. The summed E-state index contributed by atoms with van der Waals surface area (Å²) in [5.74, 6) is 0.897. The van der Waals surface area contributed by atoms with Gasteiger partial charge < -0.3 is 15.6 Å². The molecule has 104 valence electrons. The number of nitrogen functional groups attached to an aromatic ring is 1. The van der Waals surface area contributed by atoms with E-state index in [2.05, 4.69) is 46.2 Å². The van der Waals surface area contributed by atoms with Gasteiger partial charge in [-0.3, -0.25) is 0 Å². The highest BCUT2D eigenvalue weighted by Crippen LogP contribution is 2.23. The van der Waals surface area contributed by atoms with Crippen LogP contribution in [0.15, 0.2) is 35.7 Å². The summed E-state index contributed by atoms with van der Waals surface area (Å²) in [6.45, 7) is 5.22. The van der Waals surface area contributed by atoms with Gasteiger partial charge in [-0.2, -0.15) is 0 Å². The van der Waals surface area contributed by atoms with E-state index >= 15 is 0 Å². The lowest BCUT2D eigenvalue weighted by molar-refractivity contribution is 0.670. The zero-order valence-corrected chi connectivity index (χ0v) is 12.4. The summed E-state index contributed by atoms with van der Waals surface area (Å²) < 4.78 is 0. The number of H-pyrrole nitrogens is 1. The smallest absolute Gasteiger partial charge is 0.204 e. The van der Waals surface area contributed by atoms with Crippen LogP contribution in [0.4, 0.5) is 11.6 Å². The van der Waals surface area contributed by atoms with Gasteiger partial charge in [0.1, 0.15) is 0 Å². The van der Waals surface area contributed by atoms with Crippen LogP contribution in [-0.2, 0) is 6.54 Å². The Bertz CT molecular complexity index is 700. The van der Waals surface area contributed by atoms with E-state index in [0.717, 1.165) is 29.2 Å². The summed E-state index contributed by atoms with van der Waals surface area (Å²) in [6, 6.07) is 10.4. The second-order valence-corrected chi connectivity index (χ2v) is 6.17. The Morgan fingerprint density at radius 1 is 1.35 bits per heavy atom. The summed E-state index contributed by atoms with van der Waals surface area (Å²) in [7, 11) is 0. The molecular formula is C15H18N4S. The third kappa shape index (κ3) is 2.49. The van der Waals surface area contributed by atoms with Crippen molar-refractivity contribution in [2.24, 2.45) is 0 Å². The minimum Gasteiger partial charge on any atom is -0.399 e. The highest BCUT2D eigenvalue weighted by atomic mass is 32.1. The lowest BCUT2D eigenvalue weighted by Gasteiger charge is -2.25. The maximum absolute atomic E-state index is 5.82. The predicted octanol–water partition coefficient (Wildman–Crippen LogP) is 3.62. The molecule has 0 amide bonds. The van der Waals surface area contributed by atoms with Crippen molar-refractivity contribution in [3.05, 3.63) is 40.6 Å². The Morgan fingerprint density at radius 2 is 2.20 bits per heavy atom. The number of hydrogen-bond donors (Lipinski definition) is 2. The van der Waals surface area contributed by atoms with Gasteiger partial charge in [0.2, 0.25) is 5.95 Å². The minimum absolute atomic E-state index is 0.370. The van der Waals surface area contributed by atoms with E-state index in [4.69, 9.17) is 5.73 Å². The quantitative estimate of drug-likeness (QED) is 0.720. The van der Waals surface area contributed by atoms with E-state index in [1.807, 2.05) is 18.2 Å². The molecule has 0 bridgehead atoms. The number of fused-ring (bicyclic) bond motifs is 1. The first-order chi connectivity index (χ1) is 9.63. The largest absolute Gasteiger partial charge is 0.399 e. The third-order valence-electron chi connectivity index (χ3n) is 3.30. The van der Waals surface area contributed by atoms with E-state index in [9.17, 15) is 0 Å². The second kappa shape index (κ2) is 5.17. The monoisotopic (exact) mass is 286 g/mol. The van der Waals surface area contributed by atoms with Crippen molar-refractivity contribution in [3.63, 3.8) is 0 Å². The molecule has 0 radical (unpaired) electrons. The Balaban J connectivity index is 1.96. The fourth-order valence-electron chi connectivity index (χ4n) is 2.22. The lowest BCUT2D eigenvalue weighted by Crippen LogP contribution is -2.30. The molecule has 2 aromatic heterocycles. The van der Waals surface area contributed by atoms with Gasteiger partial charge in [-0.15, -0.1) is 11.3 Å². The lowest BCUT2D eigenvalue weighted by atomic mass is 10.3. The van der Waals surface area contributed by atoms with Crippen molar-refractivity contribution >= 4 is 34.0 Å². The molecule has 0 saturated heterocycles. The number of anilines is 2. The van der Waals surface area contributed by atoms with Gasteiger partial charge in [-0.25, -0.2) is 4.98 Å². The fraction of sp³-hybridized carbons (Fsp3) is 0.267. The summed E-state index contributed by atoms with van der Waals surface area (Å²) in [5, 5.41) is 2.10. The molecule has 2 heterocycles. The van der Waals surface area contributed by atoms with Crippen LogP contribution in [-0.4, -0.2) is 16.0 Å². The van der Waals surface area contributed by atoms with E-state index in [1.165, 1.54) is 4.88 Å². The number of hydrogen-bond acceptors (Lipinski definition) is 4. The predicted molar refractivity (Wildman–Crippen MR) is 86.1 cm³/mol. The molecule has 0 aliphatic heterocycles. The molecule has 0 saturated carbocycles. The molecular weight excluding hydrogens is 268 g/mol. The normalized spacial score (nSPS) is 11.3. The number of nitrogens with one attached hydrogen (secondary N) is 1. The van der Waals surface area contributed by atoms with Crippen LogP contribution in [0.1, 0.15) is 18.7 Å². The summed E-state index contributed by atoms with van der Waals surface area (Å²) in [6.07, 6.45) is 0. The average Bonchev–Trinajstić information content (AvgIpc) is 3.03. The summed E-state index contributed by atoms with van der Waals surface area (Å²) in [4.78, 5) is 11.6. The maximum atomic E-state index is 5.82. The van der Waals surface area contributed by atoms with E-state index < -0.39 is 0 Å². The number of rotatable bonds is 4. The van der Waals surface area contributed by atoms with Gasteiger partial charge in [0.05, 0.1) is 17.6 Å². The first-order valence-corrected chi connectivity index (χ1v) is 7.56. The molecule has 0 spiro atoms. The molecule has 3 aromatic rings. The minimum atomic E-state index is 0.370. The molecule has 4 nitrogen and oxygen atoms in total. The van der Waals surface area contributed by atoms with Crippen LogP contribution in [0.5, 0.6) is 0 Å². The van der Waals surface area contributed by atoms with Gasteiger partial charge in [-0.05, 0) is 43.5 Å². The van der Waals surface area contributed by atoms with E-state index in [-0.39, 0.29) is 0 Å². The van der Waals surface area contributed by atoms with Crippen molar-refractivity contribution in [3.8, 4) is 0 Å². The van der Waals surface area contributed by atoms with E-state index in [0.29, 0.717) is 6.04 Å². The Labute approximate surface area is 122 Å². The van der Waals surface area contributed by atoms with Crippen LogP contribution in [0, 0.1) is 0 Å². The zero-order chi connectivity index (χ0) is 14.1. The average molecular weight is 286 g/mol. The van der Waals surface area contributed by atoms with Gasteiger partial charge in [0.25, 0.3) is 0 Å². The highest BCUT2D eigenvalue weighted by molar-refractivity contribution is 7.09. The number of nitrogens with zero attached hydrogens (tertiary/aromatic N) is 2. The van der Waals surface area contributed by atoms with Gasteiger partial charge in [0, 0.05) is 16.6 Å². The molecule has 0 atom stereocenters. The SMILES string of the molecule is CC(C)N(Cc1cccs1)c1nc2ccc(N)cc2[nH]1. The maximum Gasteiger partial charge on any atom is 0.204 e. The van der Waals surface area contributed by atoms with Gasteiger partial charge in [0.15, 0.2) is 0 Å². The number of aromatic amines is 1. The highest BCUT2D eigenvalue weighted by Gasteiger charge is 2.15. The first kappa shape index (κ1) is 13.0. The zero-order valence-electron chi connectivity index (χ0n) is 11.6. The van der Waals surface area contributed by atoms with Crippen LogP contribution < -0.4 is 10.6 Å². The van der Waals surface area contributed by atoms with Gasteiger partial charge >= 0.3 is 0 Å². The van der Waals surface area contributed by atoms with Crippen molar-refractivity contribution in [2.45, 2.75) is 26.4 Å². The van der Waals surface area contributed by atoms with Gasteiger partial charge in [-0.1, -0.05) is 6.07 Å². The van der Waals surface area contributed by atoms with Crippen molar-refractivity contribution in [1.82, 2.24) is 9.97 Å². The van der Waals surface area contributed by atoms with Crippen molar-refractivity contribution in [2.75, 3.05) is 10.6 Å². The number of imidazole rings is 1. The number of aromatic nitrogens is 2. The fourth-order valence-corrected chi connectivity index (χ4v) is 2.92. The molecule has 0 fully saturated rings. The van der Waals surface area contributed by atoms with E-state index in [1.54, 1.807) is 11.3 Å². The Kier molecular flexibility index (Phi) is 3.36. The van der Waals surface area contributed by atoms with Crippen LogP contribution in [0.3, 0.4) is 0 Å². The molecule has 0 aliphatic carbocycles. The van der Waals surface area contributed by atoms with Crippen molar-refractivity contribution in [1.29, 1.82) is 0 Å². The molecule has 5 heteroatoms. The molecule has 1 aromatic carbocycles. The number of nitrogens with two attached hydrogens (primary N) is 1. The molecule has 20 heavy (non-hydrogen) atoms. The molecule has 3 rings (SSSR count). The number of thiophene rings is 1. The third-order valence-corrected chi connectivity index (χ3v) is 4.16. The second-order valence-electron chi connectivity index (χ2n) is 5.14. The van der Waals surface area contributed by atoms with Crippen LogP contribution in [0.25, 0.3) is 11.0 Å². The van der Waals surface area contributed by atoms with Crippen LogP contribution in [0.2, 0.25) is 0 Å². The Morgan fingerprint density at radius 3 is 2.90 bits per heavy atom. The summed E-state index contributed by atoms with van der Waals surface area (Å²) >= 11 is 1.77. The van der Waals surface area contributed by atoms with Crippen molar-refractivity contribution < 1.29 is 0 Å². The molecule has 0 aliphatic rings. The molecule has 3 N–H and O–H groups in total. The first-order valence-electron chi connectivity index (χ1n) is 6.68. The standard InChI is InChI=1S/C15H18N4S/c1-10(2)19(9-12-4-3-7-20-12)15-17-13-6-5-11(16)8-14(13)18-15/h3-8,10H,9,16H2,1-2H3,(H,17,18). The topological polar surface area (TPSA) is 57.9 Å². The Hall–Kier alpha value is -2.01.